The molecule has 1 amide bonds. The van der Waals surface area contributed by atoms with Gasteiger partial charge in [0.15, 0.2) is 0 Å². The van der Waals surface area contributed by atoms with Crippen molar-refractivity contribution in [1.82, 2.24) is 9.80 Å². The van der Waals surface area contributed by atoms with Crippen LogP contribution in [0.1, 0.15) is 23.7 Å². The number of carbonyl (C=O) groups is 1. The van der Waals surface area contributed by atoms with Crippen LogP contribution in [0, 0.1) is 3.57 Å². The highest BCUT2D eigenvalue weighted by molar-refractivity contribution is 14.1. The average molecular weight is 376 g/mol. The molecule has 5 heteroatoms. The molecule has 0 radical (unpaired) electrons. The summed E-state index contributed by atoms with van der Waals surface area (Å²) in [5.74, 6) is -0.0475. The lowest BCUT2D eigenvalue weighted by atomic mass is 10.1. The van der Waals surface area contributed by atoms with Crippen molar-refractivity contribution in [2.45, 2.75) is 13.3 Å². The third-order valence-electron chi connectivity index (χ3n) is 2.89. The summed E-state index contributed by atoms with van der Waals surface area (Å²) < 4.78 is 0.947. The molecule has 4 nitrogen and oxygen atoms in total. The van der Waals surface area contributed by atoms with E-state index in [9.17, 15) is 9.90 Å². The number of aromatic hydroxyl groups is 1. The van der Waals surface area contributed by atoms with Gasteiger partial charge in [-0.3, -0.25) is 4.79 Å². The van der Waals surface area contributed by atoms with Gasteiger partial charge in [-0.15, -0.1) is 0 Å². The van der Waals surface area contributed by atoms with E-state index in [0.29, 0.717) is 18.7 Å². The van der Waals surface area contributed by atoms with E-state index in [0.717, 1.165) is 16.5 Å². The SMILES string of the molecule is CCN(CCCN(C)C)C(=O)c1cc(I)ccc1O. The van der Waals surface area contributed by atoms with Crippen molar-refractivity contribution in [3.8, 4) is 5.75 Å². The van der Waals surface area contributed by atoms with Gasteiger partial charge in [-0.1, -0.05) is 0 Å². The molecule has 0 fully saturated rings. The van der Waals surface area contributed by atoms with Gasteiger partial charge in [0, 0.05) is 16.7 Å². The van der Waals surface area contributed by atoms with E-state index in [1.165, 1.54) is 0 Å². The highest BCUT2D eigenvalue weighted by Gasteiger charge is 2.17. The number of benzene rings is 1. The fraction of sp³-hybridized carbons (Fsp3) is 0.500. The zero-order valence-electron chi connectivity index (χ0n) is 11.7. The Labute approximate surface area is 128 Å². The first kappa shape index (κ1) is 16.2. The molecule has 0 aliphatic rings. The predicted octanol–water partition coefficient (Wildman–Crippen LogP) is 2.41. The topological polar surface area (TPSA) is 43.8 Å². The van der Waals surface area contributed by atoms with Crippen molar-refractivity contribution < 1.29 is 9.90 Å². The molecule has 0 heterocycles. The number of amides is 1. The maximum absolute atomic E-state index is 12.4. The number of halogens is 1. The number of hydrogen-bond donors (Lipinski definition) is 1. The molecule has 0 aromatic heterocycles. The van der Waals surface area contributed by atoms with E-state index in [1.54, 1.807) is 23.1 Å². The van der Waals surface area contributed by atoms with Gasteiger partial charge in [0.25, 0.3) is 5.91 Å². The zero-order valence-corrected chi connectivity index (χ0v) is 13.8. The van der Waals surface area contributed by atoms with Crippen LogP contribution in [-0.4, -0.2) is 54.5 Å². The monoisotopic (exact) mass is 376 g/mol. The van der Waals surface area contributed by atoms with Crippen LogP contribution in [0.4, 0.5) is 0 Å². The Balaban J connectivity index is 2.75. The van der Waals surface area contributed by atoms with E-state index < -0.39 is 0 Å². The standard InChI is InChI=1S/C14H21IN2O2/c1-4-17(9-5-8-16(2)3)14(19)12-10-11(15)6-7-13(12)18/h6-7,10,18H,4-5,8-9H2,1-3H3. The number of phenolic OH excluding ortho intramolecular Hbond substituents is 1. The summed E-state index contributed by atoms with van der Waals surface area (Å²) in [7, 11) is 4.03. The molecule has 0 aliphatic carbocycles. The first-order valence-electron chi connectivity index (χ1n) is 6.38. The summed E-state index contributed by atoms with van der Waals surface area (Å²) in [6.45, 7) is 4.26. The van der Waals surface area contributed by atoms with Gasteiger partial charge in [-0.25, -0.2) is 0 Å². The number of rotatable bonds is 6. The van der Waals surface area contributed by atoms with E-state index in [-0.39, 0.29) is 11.7 Å². The van der Waals surface area contributed by atoms with Gasteiger partial charge in [0.1, 0.15) is 5.75 Å². The highest BCUT2D eigenvalue weighted by Crippen LogP contribution is 2.21. The molecule has 1 aromatic rings. The fourth-order valence-electron chi connectivity index (χ4n) is 1.83. The highest BCUT2D eigenvalue weighted by atomic mass is 127. The van der Waals surface area contributed by atoms with Gasteiger partial charge in [0.2, 0.25) is 0 Å². The smallest absolute Gasteiger partial charge is 0.257 e. The second kappa shape index (κ2) is 7.69. The number of phenols is 1. The Morgan fingerprint density at radius 1 is 1.32 bits per heavy atom. The van der Waals surface area contributed by atoms with Crippen LogP contribution in [0.5, 0.6) is 5.75 Å². The van der Waals surface area contributed by atoms with Gasteiger partial charge in [0.05, 0.1) is 5.56 Å². The maximum Gasteiger partial charge on any atom is 0.257 e. The third kappa shape index (κ3) is 4.99. The summed E-state index contributed by atoms with van der Waals surface area (Å²) in [5, 5.41) is 9.80. The van der Waals surface area contributed by atoms with Crippen molar-refractivity contribution in [2.75, 3.05) is 33.7 Å². The Hall–Kier alpha value is -0.820. The maximum atomic E-state index is 12.4. The van der Waals surface area contributed by atoms with Crippen LogP contribution in [0.15, 0.2) is 18.2 Å². The minimum atomic E-state index is -0.0997. The van der Waals surface area contributed by atoms with Crippen molar-refractivity contribution in [3.63, 3.8) is 0 Å². The van der Waals surface area contributed by atoms with E-state index >= 15 is 0 Å². The van der Waals surface area contributed by atoms with Crippen LogP contribution in [0.25, 0.3) is 0 Å². The second-order valence-corrected chi connectivity index (χ2v) is 5.95. The van der Waals surface area contributed by atoms with Crippen LogP contribution in [0.2, 0.25) is 0 Å². The molecule has 1 rings (SSSR count). The first-order chi connectivity index (χ1) is 8.95. The summed E-state index contributed by atoms with van der Waals surface area (Å²) in [6.07, 6.45) is 0.928. The normalized spacial score (nSPS) is 10.8. The molecule has 0 unspecified atom stereocenters. The van der Waals surface area contributed by atoms with Crippen LogP contribution in [0.3, 0.4) is 0 Å². The molecule has 0 bridgehead atoms. The second-order valence-electron chi connectivity index (χ2n) is 4.70. The Kier molecular flexibility index (Phi) is 6.57. The Morgan fingerprint density at radius 2 is 2.00 bits per heavy atom. The predicted molar refractivity (Wildman–Crippen MR) is 85.6 cm³/mol. The van der Waals surface area contributed by atoms with Crippen molar-refractivity contribution in [3.05, 3.63) is 27.3 Å². The molecule has 19 heavy (non-hydrogen) atoms. The molecular weight excluding hydrogens is 355 g/mol. The summed E-state index contributed by atoms with van der Waals surface area (Å²) in [4.78, 5) is 16.2. The zero-order chi connectivity index (χ0) is 14.4. The largest absolute Gasteiger partial charge is 0.507 e. The van der Waals surface area contributed by atoms with Crippen LogP contribution >= 0.6 is 22.6 Å². The summed E-state index contributed by atoms with van der Waals surface area (Å²) >= 11 is 2.14. The van der Waals surface area contributed by atoms with Crippen LogP contribution in [-0.2, 0) is 0 Å². The molecule has 0 aliphatic heterocycles. The molecule has 106 valence electrons. The Bertz CT molecular complexity index is 435. The lowest BCUT2D eigenvalue weighted by Crippen LogP contribution is -2.33. The molecule has 0 saturated carbocycles. The van der Waals surface area contributed by atoms with Crippen molar-refractivity contribution in [2.24, 2.45) is 0 Å². The minimum Gasteiger partial charge on any atom is -0.507 e. The van der Waals surface area contributed by atoms with E-state index in [2.05, 4.69) is 27.5 Å². The molecular formula is C14H21IN2O2. The molecule has 0 saturated heterocycles. The molecule has 1 N–H and O–H groups in total. The minimum absolute atomic E-state index is 0.0523. The lowest BCUT2D eigenvalue weighted by molar-refractivity contribution is 0.0756. The van der Waals surface area contributed by atoms with E-state index in [4.69, 9.17) is 0 Å². The molecule has 0 spiro atoms. The number of carbonyl (C=O) groups excluding carboxylic acids is 1. The van der Waals surface area contributed by atoms with E-state index in [1.807, 2.05) is 21.0 Å². The van der Waals surface area contributed by atoms with Crippen molar-refractivity contribution in [1.29, 1.82) is 0 Å². The molecule has 1 aromatic carbocycles. The third-order valence-corrected chi connectivity index (χ3v) is 3.56. The summed E-state index contributed by atoms with van der Waals surface area (Å²) in [6, 6.07) is 5.09. The first-order valence-corrected chi connectivity index (χ1v) is 7.46. The van der Waals surface area contributed by atoms with Gasteiger partial charge in [-0.05, 0) is 74.8 Å². The Morgan fingerprint density at radius 3 is 2.58 bits per heavy atom. The number of hydrogen-bond acceptors (Lipinski definition) is 3. The summed E-state index contributed by atoms with van der Waals surface area (Å²) in [5.41, 5.74) is 0.388. The quantitative estimate of drug-likeness (QED) is 0.776. The number of nitrogens with zero attached hydrogens (tertiary/aromatic N) is 2. The van der Waals surface area contributed by atoms with Crippen molar-refractivity contribution >= 4 is 28.5 Å². The van der Waals surface area contributed by atoms with Gasteiger partial charge < -0.3 is 14.9 Å². The lowest BCUT2D eigenvalue weighted by Gasteiger charge is -2.22. The van der Waals surface area contributed by atoms with Crippen LogP contribution < -0.4 is 0 Å². The fourth-order valence-corrected chi connectivity index (χ4v) is 2.32. The van der Waals surface area contributed by atoms with Gasteiger partial charge in [-0.2, -0.15) is 0 Å². The van der Waals surface area contributed by atoms with Gasteiger partial charge >= 0.3 is 0 Å². The molecule has 0 atom stereocenters. The average Bonchev–Trinajstić information content (AvgIpc) is 2.36.